The third kappa shape index (κ3) is 2.31. The number of hydrogen-bond acceptors (Lipinski definition) is 4. The molecule has 0 radical (unpaired) electrons. The van der Waals surface area contributed by atoms with Crippen molar-refractivity contribution in [3.05, 3.63) is 69.8 Å². The number of nitro groups is 1. The van der Waals surface area contributed by atoms with Crippen LogP contribution in [0.5, 0.6) is 0 Å². The minimum atomic E-state index is -0.898. The first-order chi connectivity index (χ1) is 8.59. The molecule has 0 saturated heterocycles. The maximum Gasteiger partial charge on any atom is 0.292 e. The number of nitrogens with two attached hydrogens (primary N) is 1. The molecule has 0 fully saturated rings. The number of anilines is 1. The number of aliphatic hydroxyl groups is 1. The Labute approximate surface area is 104 Å². The second kappa shape index (κ2) is 4.85. The molecule has 0 spiro atoms. The summed E-state index contributed by atoms with van der Waals surface area (Å²) in [6.45, 7) is 0. The molecule has 2 aromatic rings. The van der Waals surface area contributed by atoms with Crippen molar-refractivity contribution < 1.29 is 10.0 Å². The van der Waals surface area contributed by atoms with Gasteiger partial charge >= 0.3 is 0 Å². The van der Waals surface area contributed by atoms with E-state index in [0.717, 1.165) is 0 Å². The van der Waals surface area contributed by atoms with Gasteiger partial charge in [0.15, 0.2) is 0 Å². The standard InChI is InChI=1S/C13H12N2O3/c14-11-7-6-10(8-12(11)15(17)18)13(16)9-4-2-1-3-5-9/h1-8,13,16H,14H2. The van der Waals surface area contributed by atoms with Crippen LogP contribution < -0.4 is 5.73 Å². The summed E-state index contributed by atoms with van der Waals surface area (Å²) in [4.78, 5) is 10.2. The zero-order valence-corrected chi connectivity index (χ0v) is 9.48. The zero-order valence-electron chi connectivity index (χ0n) is 9.48. The van der Waals surface area contributed by atoms with E-state index in [4.69, 9.17) is 5.73 Å². The normalized spacial score (nSPS) is 12.1. The van der Waals surface area contributed by atoms with E-state index in [0.29, 0.717) is 11.1 Å². The van der Waals surface area contributed by atoms with E-state index >= 15 is 0 Å². The SMILES string of the molecule is Nc1ccc(C(O)c2ccccc2)cc1[N+](=O)[O-]. The molecule has 0 aliphatic heterocycles. The largest absolute Gasteiger partial charge is 0.393 e. The first kappa shape index (κ1) is 12.1. The summed E-state index contributed by atoms with van der Waals surface area (Å²) in [5.41, 5.74) is 6.52. The Kier molecular flexibility index (Phi) is 3.25. The van der Waals surface area contributed by atoms with Gasteiger partial charge in [0.05, 0.1) is 4.92 Å². The number of nitro benzene ring substituents is 1. The van der Waals surface area contributed by atoms with Crippen LogP contribution in [0.15, 0.2) is 48.5 Å². The number of rotatable bonds is 3. The highest BCUT2D eigenvalue weighted by Crippen LogP contribution is 2.28. The van der Waals surface area contributed by atoms with Crippen molar-refractivity contribution in [1.29, 1.82) is 0 Å². The first-order valence-electron chi connectivity index (χ1n) is 5.36. The van der Waals surface area contributed by atoms with E-state index < -0.39 is 11.0 Å². The molecule has 0 heterocycles. The lowest BCUT2D eigenvalue weighted by Gasteiger charge is -2.11. The van der Waals surface area contributed by atoms with E-state index in [-0.39, 0.29) is 11.4 Å². The lowest BCUT2D eigenvalue weighted by Crippen LogP contribution is -2.02. The molecule has 2 aromatic carbocycles. The maximum atomic E-state index is 10.8. The van der Waals surface area contributed by atoms with E-state index in [1.807, 2.05) is 6.07 Å². The fourth-order valence-electron chi connectivity index (χ4n) is 1.72. The minimum absolute atomic E-state index is 0.0870. The molecule has 5 nitrogen and oxygen atoms in total. The van der Waals surface area contributed by atoms with Gasteiger partial charge < -0.3 is 10.8 Å². The molecule has 3 N–H and O–H groups in total. The number of benzene rings is 2. The number of nitrogen functional groups attached to an aromatic ring is 1. The second-order valence-electron chi connectivity index (χ2n) is 3.89. The summed E-state index contributed by atoms with van der Waals surface area (Å²) < 4.78 is 0. The summed E-state index contributed by atoms with van der Waals surface area (Å²) in [6.07, 6.45) is -0.898. The summed E-state index contributed by atoms with van der Waals surface area (Å²) in [5.74, 6) is 0. The van der Waals surface area contributed by atoms with E-state index in [9.17, 15) is 15.2 Å². The third-order valence-electron chi connectivity index (χ3n) is 2.68. The summed E-state index contributed by atoms with van der Waals surface area (Å²) >= 11 is 0. The molecule has 0 bridgehead atoms. The smallest absolute Gasteiger partial charge is 0.292 e. The molecule has 0 aliphatic rings. The van der Waals surface area contributed by atoms with Crippen LogP contribution in [0, 0.1) is 10.1 Å². The molecule has 0 aromatic heterocycles. The minimum Gasteiger partial charge on any atom is -0.393 e. The lowest BCUT2D eigenvalue weighted by atomic mass is 10.0. The van der Waals surface area contributed by atoms with Crippen LogP contribution in [0.4, 0.5) is 11.4 Å². The molecule has 1 atom stereocenters. The van der Waals surface area contributed by atoms with Gasteiger partial charge in [-0.25, -0.2) is 0 Å². The highest BCUT2D eigenvalue weighted by atomic mass is 16.6. The number of nitrogens with zero attached hydrogens (tertiary/aromatic N) is 1. The fourth-order valence-corrected chi connectivity index (χ4v) is 1.72. The van der Waals surface area contributed by atoms with Crippen LogP contribution in [0.3, 0.4) is 0 Å². The zero-order chi connectivity index (χ0) is 13.1. The number of aliphatic hydroxyl groups excluding tert-OH is 1. The Morgan fingerprint density at radius 3 is 2.39 bits per heavy atom. The Morgan fingerprint density at radius 1 is 1.11 bits per heavy atom. The summed E-state index contributed by atoms with van der Waals surface area (Å²) in [7, 11) is 0. The molecular weight excluding hydrogens is 232 g/mol. The predicted molar refractivity (Wildman–Crippen MR) is 68.0 cm³/mol. The van der Waals surface area contributed by atoms with Crippen molar-refractivity contribution in [1.82, 2.24) is 0 Å². The van der Waals surface area contributed by atoms with Gasteiger partial charge in [0.1, 0.15) is 11.8 Å². The quantitative estimate of drug-likeness (QED) is 0.492. The molecule has 0 saturated carbocycles. The van der Waals surface area contributed by atoms with Crippen molar-refractivity contribution in [3.8, 4) is 0 Å². The molecular formula is C13H12N2O3. The topological polar surface area (TPSA) is 89.4 Å². The van der Waals surface area contributed by atoms with Crippen molar-refractivity contribution in [2.75, 3.05) is 5.73 Å². The van der Waals surface area contributed by atoms with Gasteiger partial charge in [-0.1, -0.05) is 36.4 Å². The van der Waals surface area contributed by atoms with Crippen LogP contribution in [0.25, 0.3) is 0 Å². The van der Waals surface area contributed by atoms with Gasteiger partial charge in [0.2, 0.25) is 0 Å². The molecule has 1 unspecified atom stereocenters. The van der Waals surface area contributed by atoms with Crippen molar-refractivity contribution in [2.45, 2.75) is 6.10 Å². The van der Waals surface area contributed by atoms with E-state index in [1.165, 1.54) is 12.1 Å². The van der Waals surface area contributed by atoms with Crippen LogP contribution in [0.1, 0.15) is 17.2 Å². The van der Waals surface area contributed by atoms with Gasteiger partial charge in [-0.15, -0.1) is 0 Å². The van der Waals surface area contributed by atoms with Crippen LogP contribution >= 0.6 is 0 Å². The second-order valence-corrected chi connectivity index (χ2v) is 3.89. The third-order valence-corrected chi connectivity index (χ3v) is 2.68. The molecule has 0 amide bonds. The first-order valence-corrected chi connectivity index (χ1v) is 5.36. The molecule has 5 heteroatoms. The maximum absolute atomic E-state index is 10.8. The van der Waals surface area contributed by atoms with Gasteiger partial charge in [0.25, 0.3) is 5.69 Å². The van der Waals surface area contributed by atoms with Gasteiger partial charge in [-0.2, -0.15) is 0 Å². The van der Waals surface area contributed by atoms with Gasteiger partial charge in [-0.3, -0.25) is 10.1 Å². The summed E-state index contributed by atoms with van der Waals surface area (Å²) in [6, 6.07) is 13.3. The van der Waals surface area contributed by atoms with E-state index in [2.05, 4.69) is 0 Å². The molecule has 0 aliphatic carbocycles. The lowest BCUT2D eigenvalue weighted by molar-refractivity contribution is -0.384. The van der Waals surface area contributed by atoms with Crippen LogP contribution in [-0.2, 0) is 0 Å². The highest BCUT2D eigenvalue weighted by molar-refractivity contribution is 5.59. The Morgan fingerprint density at radius 2 is 1.78 bits per heavy atom. The molecule has 2 rings (SSSR count). The average molecular weight is 244 g/mol. The Bertz CT molecular complexity index is 570. The van der Waals surface area contributed by atoms with Crippen molar-refractivity contribution in [3.63, 3.8) is 0 Å². The predicted octanol–water partition coefficient (Wildman–Crippen LogP) is 2.26. The fraction of sp³-hybridized carbons (Fsp3) is 0.0769. The Balaban J connectivity index is 2.40. The van der Waals surface area contributed by atoms with E-state index in [1.54, 1.807) is 30.3 Å². The molecule has 18 heavy (non-hydrogen) atoms. The highest BCUT2D eigenvalue weighted by Gasteiger charge is 2.16. The van der Waals surface area contributed by atoms with Crippen molar-refractivity contribution in [2.24, 2.45) is 0 Å². The number of hydrogen-bond donors (Lipinski definition) is 2. The van der Waals surface area contributed by atoms with Gasteiger partial charge in [-0.05, 0) is 17.2 Å². The van der Waals surface area contributed by atoms with Crippen molar-refractivity contribution >= 4 is 11.4 Å². The van der Waals surface area contributed by atoms with Gasteiger partial charge in [0, 0.05) is 6.07 Å². The van der Waals surface area contributed by atoms with Crippen LogP contribution in [0.2, 0.25) is 0 Å². The Hall–Kier alpha value is -2.40. The van der Waals surface area contributed by atoms with Crippen LogP contribution in [-0.4, -0.2) is 10.0 Å². The monoisotopic (exact) mass is 244 g/mol. The molecule has 92 valence electrons. The average Bonchev–Trinajstić information content (AvgIpc) is 2.39. The summed E-state index contributed by atoms with van der Waals surface area (Å²) in [5, 5.41) is 20.9.